The van der Waals surface area contributed by atoms with Gasteiger partial charge in [-0.25, -0.2) is 9.78 Å². The van der Waals surface area contributed by atoms with E-state index in [0.29, 0.717) is 5.75 Å². The van der Waals surface area contributed by atoms with Crippen LogP contribution in [0.1, 0.15) is 24.3 Å². The topological polar surface area (TPSA) is 65.8 Å². The van der Waals surface area contributed by atoms with Gasteiger partial charge in [-0.15, -0.1) is 23.1 Å². The molecule has 0 bridgehead atoms. The van der Waals surface area contributed by atoms with Crippen LogP contribution in [0.15, 0.2) is 23.2 Å². The maximum Gasteiger partial charge on any atom is 0.329 e. The van der Waals surface area contributed by atoms with E-state index < -0.39 is 12.0 Å². The number of aliphatic carboxylic acids is 1. The Kier molecular flexibility index (Phi) is 3.98. The smallest absolute Gasteiger partial charge is 0.329 e. The number of aliphatic imine (C=N–C) groups is 1. The molecule has 1 fully saturated rings. The number of thiazole rings is 1. The van der Waals surface area contributed by atoms with E-state index in [9.17, 15) is 4.79 Å². The Morgan fingerprint density at radius 3 is 2.83 bits per heavy atom. The van der Waals surface area contributed by atoms with E-state index in [0.717, 1.165) is 33.4 Å². The summed E-state index contributed by atoms with van der Waals surface area (Å²) in [6.45, 7) is 2.25. The summed E-state index contributed by atoms with van der Waals surface area (Å²) in [6.07, 6.45) is 3.84. The van der Waals surface area contributed by atoms with Crippen molar-refractivity contribution in [3.8, 4) is 0 Å². The van der Waals surface area contributed by atoms with Gasteiger partial charge < -0.3 is 10.0 Å². The van der Waals surface area contributed by atoms with Crippen molar-refractivity contribution in [1.29, 1.82) is 0 Å². The van der Waals surface area contributed by atoms with Gasteiger partial charge >= 0.3 is 5.97 Å². The Bertz CT molecular complexity index is 781. The normalized spacial score (nSPS) is 21.7. The Hall–Kier alpha value is -1.60. The summed E-state index contributed by atoms with van der Waals surface area (Å²) in [7, 11) is 0. The number of benzene rings is 1. The molecule has 7 heteroatoms. The average molecular weight is 347 g/mol. The van der Waals surface area contributed by atoms with Crippen LogP contribution in [-0.2, 0) is 4.79 Å². The number of carboxylic acids is 1. The minimum absolute atomic E-state index is 0.500. The Morgan fingerprint density at radius 1 is 1.26 bits per heavy atom. The van der Waals surface area contributed by atoms with Crippen LogP contribution in [0.5, 0.6) is 0 Å². The fourth-order valence-corrected chi connectivity index (χ4v) is 5.07. The van der Waals surface area contributed by atoms with Gasteiger partial charge in [-0.2, -0.15) is 0 Å². The standard InChI is InChI=1S/C16H17N3O2S2/c20-16(21)12-9-22-14(18-12)15-17-11-5-4-10(8-13(11)23-15)19-6-2-1-3-7-19/h4-5,8,12H,1-3,6-7,9H2,(H,20,21)/t12-/m1/s1. The van der Waals surface area contributed by atoms with Gasteiger partial charge in [0.2, 0.25) is 0 Å². The molecule has 2 aliphatic rings. The van der Waals surface area contributed by atoms with E-state index in [1.54, 1.807) is 11.3 Å². The van der Waals surface area contributed by atoms with Crippen molar-refractivity contribution in [1.82, 2.24) is 4.98 Å². The van der Waals surface area contributed by atoms with E-state index in [4.69, 9.17) is 5.11 Å². The summed E-state index contributed by atoms with van der Waals surface area (Å²) in [5, 5.41) is 10.7. The molecule has 5 nitrogen and oxygen atoms in total. The monoisotopic (exact) mass is 347 g/mol. The number of anilines is 1. The van der Waals surface area contributed by atoms with Gasteiger partial charge in [0.05, 0.1) is 10.2 Å². The highest BCUT2D eigenvalue weighted by Gasteiger charge is 2.27. The van der Waals surface area contributed by atoms with E-state index in [1.807, 2.05) is 0 Å². The zero-order valence-electron chi connectivity index (χ0n) is 12.6. The van der Waals surface area contributed by atoms with E-state index in [-0.39, 0.29) is 0 Å². The van der Waals surface area contributed by atoms with Crippen LogP contribution in [0.2, 0.25) is 0 Å². The molecule has 120 valence electrons. The number of fused-ring (bicyclic) bond motifs is 1. The van der Waals surface area contributed by atoms with Crippen LogP contribution < -0.4 is 4.90 Å². The first kappa shape index (κ1) is 15.0. The maximum absolute atomic E-state index is 11.0. The van der Waals surface area contributed by atoms with Gasteiger partial charge in [-0.1, -0.05) is 0 Å². The third-order valence-electron chi connectivity index (χ3n) is 4.21. The van der Waals surface area contributed by atoms with Crippen molar-refractivity contribution in [2.45, 2.75) is 25.3 Å². The first-order chi connectivity index (χ1) is 11.2. The van der Waals surface area contributed by atoms with Gasteiger partial charge in [0, 0.05) is 24.5 Å². The van der Waals surface area contributed by atoms with Crippen LogP contribution in [0.3, 0.4) is 0 Å². The van der Waals surface area contributed by atoms with E-state index >= 15 is 0 Å². The Balaban J connectivity index is 1.63. The summed E-state index contributed by atoms with van der Waals surface area (Å²) in [6, 6.07) is 5.77. The van der Waals surface area contributed by atoms with Gasteiger partial charge in [0.25, 0.3) is 0 Å². The van der Waals surface area contributed by atoms with E-state index in [1.165, 1.54) is 36.7 Å². The van der Waals surface area contributed by atoms with Crippen LogP contribution in [0, 0.1) is 0 Å². The zero-order chi connectivity index (χ0) is 15.8. The second-order valence-corrected chi connectivity index (χ2v) is 7.86. The molecule has 0 unspecified atom stereocenters. The molecular formula is C16H17N3O2S2. The van der Waals surface area contributed by atoms with Gasteiger partial charge in [0.15, 0.2) is 6.04 Å². The Morgan fingerprint density at radius 2 is 2.09 bits per heavy atom. The molecule has 0 saturated carbocycles. The summed E-state index contributed by atoms with van der Waals surface area (Å²) >= 11 is 3.09. The summed E-state index contributed by atoms with van der Waals surface area (Å²) in [4.78, 5) is 22.4. The fourth-order valence-electron chi connectivity index (χ4n) is 2.97. The molecule has 23 heavy (non-hydrogen) atoms. The number of carboxylic acid groups (broad SMARTS) is 1. The lowest BCUT2D eigenvalue weighted by Crippen LogP contribution is -2.29. The van der Waals surface area contributed by atoms with Crippen LogP contribution in [-0.4, -0.2) is 46.0 Å². The largest absolute Gasteiger partial charge is 0.480 e. The Labute approximate surface area is 142 Å². The molecule has 1 aromatic heterocycles. The van der Waals surface area contributed by atoms with Gasteiger partial charge in [0.1, 0.15) is 10.1 Å². The molecule has 1 N–H and O–H groups in total. The van der Waals surface area contributed by atoms with Crippen LogP contribution in [0.25, 0.3) is 10.2 Å². The van der Waals surface area contributed by atoms with E-state index in [2.05, 4.69) is 33.1 Å². The van der Waals surface area contributed by atoms with Crippen molar-refractivity contribution in [3.05, 3.63) is 23.2 Å². The molecular weight excluding hydrogens is 330 g/mol. The number of piperidine rings is 1. The minimum atomic E-state index is -0.860. The second-order valence-electron chi connectivity index (χ2n) is 5.82. The predicted octanol–water partition coefficient (Wildman–Crippen LogP) is 3.23. The predicted molar refractivity (Wildman–Crippen MR) is 96.1 cm³/mol. The maximum atomic E-state index is 11.0. The third-order valence-corrected chi connectivity index (χ3v) is 6.42. The molecule has 4 rings (SSSR count). The molecule has 1 aromatic carbocycles. The number of rotatable bonds is 3. The minimum Gasteiger partial charge on any atom is -0.480 e. The highest BCUT2D eigenvalue weighted by Crippen LogP contribution is 2.32. The number of nitrogens with zero attached hydrogens (tertiary/aromatic N) is 3. The first-order valence-electron chi connectivity index (χ1n) is 7.80. The third kappa shape index (κ3) is 2.95. The van der Waals surface area contributed by atoms with Crippen molar-refractivity contribution in [2.75, 3.05) is 23.7 Å². The lowest BCUT2D eigenvalue weighted by Gasteiger charge is -2.28. The van der Waals surface area contributed by atoms with Crippen molar-refractivity contribution in [3.63, 3.8) is 0 Å². The lowest BCUT2D eigenvalue weighted by atomic mass is 10.1. The number of carbonyl (C=O) groups is 1. The van der Waals surface area contributed by atoms with Gasteiger partial charge in [-0.05, 0) is 37.5 Å². The van der Waals surface area contributed by atoms with Crippen molar-refractivity contribution < 1.29 is 9.90 Å². The second kappa shape index (κ2) is 6.13. The molecule has 1 atom stereocenters. The number of aromatic nitrogens is 1. The molecule has 2 aromatic rings. The number of hydrogen-bond donors (Lipinski definition) is 1. The zero-order valence-corrected chi connectivity index (χ0v) is 14.2. The highest BCUT2D eigenvalue weighted by atomic mass is 32.2. The highest BCUT2D eigenvalue weighted by molar-refractivity contribution is 8.15. The number of hydrogen-bond acceptors (Lipinski definition) is 6. The van der Waals surface area contributed by atoms with Crippen molar-refractivity contribution in [2.24, 2.45) is 4.99 Å². The molecule has 0 aliphatic carbocycles. The molecule has 3 heterocycles. The molecule has 2 aliphatic heterocycles. The SMILES string of the molecule is O=C(O)[C@H]1CSC(c2nc3ccc(N4CCCCC4)cc3s2)=N1. The summed E-state index contributed by atoms with van der Waals surface area (Å²) in [5.41, 5.74) is 2.23. The molecule has 0 amide bonds. The first-order valence-corrected chi connectivity index (χ1v) is 9.60. The average Bonchev–Trinajstić information content (AvgIpc) is 3.21. The number of thioether (sulfide) groups is 1. The summed E-state index contributed by atoms with van der Waals surface area (Å²) in [5.74, 6) is -0.361. The molecule has 0 spiro atoms. The van der Waals surface area contributed by atoms with Crippen molar-refractivity contribution >= 4 is 50.0 Å². The molecule has 0 radical (unpaired) electrons. The lowest BCUT2D eigenvalue weighted by molar-refractivity contribution is -0.137. The molecule has 1 saturated heterocycles. The van der Waals surface area contributed by atoms with Crippen LogP contribution in [0.4, 0.5) is 5.69 Å². The summed E-state index contributed by atoms with van der Waals surface area (Å²) < 4.78 is 1.14. The van der Waals surface area contributed by atoms with Gasteiger partial charge in [-0.3, -0.25) is 4.99 Å². The quantitative estimate of drug-likeness (QED) is 0.923. The fraction of sp³-hybridized carbons (Fsp3) is 0.438. The van der Waals surface area contributed by atoms with Crippen LogP contribution >= 0.6 is 23.1 Å².